The molecule has 1 N–H and O–H groups in total. The molecule has 0 saturated carbocycles. The van der Waals surface area contributed by atoms with Gasteiger partial charge in [-0.05, 0) is 116 Å². The van der Waals surface area contributed by atoms with Crippen molar-refractivity contribution in [2.45, 2.75) is 44.7 Å². The van der Waals surface area contributed by atoms with E-state index in [1.165, 1.54) is 16.7 Å². The number of hydrogen-bond acceptors (Lipinski definition) is 10. The molecule has 8 rings (SSSR count). The minimum Gasteiger partial charge on any atom is -0.502 e. The smallest absolute Gasteiger partial charge is 0.425 e. The molecule has 4 aromatic carbocycles. The van der Waals surface area contributed by atoms with Gasteiger partial charge in [0.1, 0.15) is 11.5 Å². The zero-order chi connectivity index (χ0) is 34.1. The Morgan fingerprint density at radius 3 is 2.06 bits per heavy atom. The molecule has 0 spiro atoms. The lowest BCUT2D eigenvalue weighted by Crippen LogP contribution is -2.34. The summed E-state index contributed by atoms with van der Waals surface area (Å²) in [5.74, 6) is 3.83. The number of nitrogens with zero attached hydrogens (tertiary/aromatic N) is 2. The van der Waals surface area contributed by atoms with E-state index in [-0.39, 0.29) is 17.8 Å². The third-order valence-electron chi connectivity index (χ3n) is 9.67. The minimum absolute atomic E-state index is 0.0324. The van der Waals surface area contributed by atoms with Gasteiger partial charge in [-0.2, -0.15) is 0 Å². The molecule has 10 nitrogen and oxygen atoms in total. The summed E-state index contributed by atoms with van der Waals surface area (Å²) >= 11 is 0. The van der Waals surface area contributed by atoms with E-state index in [2.05, 4.69) is 67.2 Å². The molecule has 0 amide bonds. The van der Waals surface area contributed by atoms with E-state index in [0.29, 0.717) is 29.4 Å². The van der Waals surface area contributed by atoms with Crippen molar-refractivity contribution in [1.82, 2.24) is 9.80 Å². The molecule has 0 unspecified atom stereocenters. The lowest BCUT2D eigenvalue weighted by Gasteiger charge is -2.37. The Bertz CT molecular complexity index is 1940. The van der Waals surface area contributed by atoms with Gasteiger partial charge >= 0.3 is 10.6 Å². The fraction of sp³-hybridized carbons (Fsp3) is 0.351. The van der Waals surface area contributed by atoms with Crippen LogP contribution in [0.1, 0.15) is 51.0 Å². The first-order valence-electron chi connectivity index (χ1n) is 15.9. The first-order valence-corrected chi connectivity index (χ1v) is 16.9. The van der Waals surface area contributed by atoms with Crippen LogP contribution in [0.25, 0.3) is 0 Å². The second-order valence-electron chi connectivity index (χ2n) is 12.6. The summed E-state index contributed by atoms with van der Waals surface area (Å²) < 4.78 is 49.9. The van der Waals surface area contributed by atoms with Crippen molar-refractivity contribution < 1.29 is 36.7 Å². The predicted molar refractivity (Wildman–Crippen MR) is 181 cm³/mol. The quantitative estimate of drug-likeness (QED) is 0.266. The molecule has 252 valence electrons. The molecular formula is C37H40N2O8S. The summed E-state index contributed by atoms with van der Waals surface area (Å²) in [6, 6.07) is 21.1. The molecule has 48 heavy (non-hydrogen) atoms. The molecule has 4 heterocycles. The van der Waals surface area contributed by atoms with Crippen LogP contribution in [0, 0.1) is 6.92 Å². The largest absolute Gasteiger partial charge is 0.502 e. The summed E-state index contributed by atoms with van der Waals surface area (Å²) in [7, 11) is 4.48. The van der Waals surface area contributed by atoms with Crippen LogP contribution in [0.15, 0.2) is 60.7 Å². The van der Waals surface area contributed by atoms with Crippen LogP contribution >= 0.6 is 0 Å². The van der Waals surface area contributed by atoms with Crippen LogP contribution in [0.4, 0.5) is 0 Å². The number of fused-ring (bicyclic) bond motifs is 2. The minimum atomic E-state index is -3.11. The number of benzene rings is 4. The average molecular weight is 673 g/mol. The SMILES string of the molecule is COc1ccc2cc1Oc1ccc(cc1)C[C@H]1c3cc(c(C)cc3CCN1C)Oc1c(O)c(OC)cc3c1[C@H](C2)N(C)CC3.O=S(=O)=O. The molecule has 0 fully saturated rings. The van der Waals surface area contributed by atoms with Crippen molar-refractivity contribution in [3.63, 3.8) is 0 Å². The highest BCUT2D eigenvalue weighted by atomic mass is 32.2. The molecule has 0 saturated heterocycles. The number of methoxy groups -OCH3 is 2. The standard InChI is InChI=1S/C37H40N2O5.O3S/c1-22-16-25-12-14-38(2)29-17-23-6-9-27(10-7-23)43-33-19-24(8-11-31(33)41-4)18-30-35-26(13-15-39(30)3)20-34(42-5)36(40)37(35)44-32(22)21-28(25)29;1-4(2)3/h6-11,16,19-21,29-30,40H,12-15,17-18H2,1-5H3;/t29-,30-;/m0./s1. The molecule has 11 heteroatoms. The predicted octanol–water partition coefficient (Wildman–Crippen LogP) is 6.16. The van der Waals surface area contributed by atoms with Crippen LogP contribution in [-0.2, 0) is 36.3 Å². The van der Waals surface area contributed by atoms with Crippen LogP contribution in [0.3, 0.4) is 0 Å². The maximum absolute atomic E-state index is 11.6. The number of ether oxygens (including phenoxy) is 4. The van der Waals surface area contributed by atoms with E-state index in [4.69, 9.17) is 31.6 Å². The zero-order valence-electron chi connectivity index (χ0n) is 27.8. The maximum atomic E-state index is 11.6. The summed E-state index contributed by atoms with van der Waals surface area (Å²) in [5.41, 5.74) is 8.14. The zero-order valence-corrected chi connectivity index (χ0v) is 28.6. The van der Waals surface area contributed by atoms with E-state index >= 15 is 0 Å². The van der Waals surface area contributed by atoms with E-state index in [1.807, 2.05) is 24.3 Å². The summed E-state index contributed by atoms with van der Waals surface area (Å²) in [5, 5.41) is 11.6. The molecule has 4 aliphatic rings. The third-order valence-corrected chi connectivity index (χ3v) is 9.67. The summed E-state index contributed by atoms with van der Waals surface area (Å²) in [6.45, 7) is 3.97. The van der Waals surface area contributed by atoms with Gasteiger partial charge in [-0.3, -0.25) is 9.80 Å². The number of rotatable bonds is 2. The summed E-state index contributed by atoms with van der Waals surface area (Å²) in [4.78, 5) is 4.77. The van der Waals surface area contributed by atoms with Crippen LogP contribution in [-0.4, -0.2) is 68.9 Å². The van der Waals surface area contributed by atoms with E-state index < -0.39 is 10.6 Å². The number of aryl methyl sites for hydroxylation is 1. The number of phenols is 1. The lowest BCUT2D eigenvalue weighted by atomic mass is 9.87. The monoisotopic (exact) mass is 672 g/mol. The van der Waals surface area contributed by atoms with Gasteiger partial charge in [-0.25, -0.2) is 0 Å². The molecule has 0 aromatic heterocycles. The molecule has 4 aliphatic heterocycles. The van der Waals surface area contributed by atoms with Crippen molar-refractivity contribution >= 4 is 10.6 Å². The van der Waals surface area contributed by atoms with Crippen LogP contribution in [0.2, 0.25) is 0 Å². The van der Waals surface area contributed by atoms with Crippen LogP contribution in [0.5, 0.6) is 40.2 Å². The molecule has 4 aromatic rings. The Kier molecular flexibility index (Phi) is 9.63. The van der Waals surface area contributed by atoms with Crippen LogP contribution < -0.4 is 18.9 Å². The Balaban J connectivity index is 0.000000952. The van der Waals surface area contributed by atoms with Gasteiger partial charge in [0.2, 0.25) is 5.75 Å². The molecule has 2 atom stereocenters. The van der Waals surface area contributed by atoms with Crippen molar-refractivity contribution in [3.8, 4) is 40.2 Å². The highest BCUT2D eigenvalue weighted by Crippen LogP contribution is 2.50. The number of likely N-dealkylation sites (N-methyl/N-ethyl adjacent to an activating group) is 2. The molecule has 0 aliphatic carbocycles. The molecule has 0 radical (unpaired) electrons. The second kappa shape index (κ2) is 13.9. The molecular weight excluding hydrogens is 632 g/mol. The van der Waals surface area contributed by atoms with Gasteiger partial charge in [-0.1, -0.05) is 24.3 Å². The van der Waals surface area contributed by atoms with Gasteiger partial charge in [0.05, 0.1) is 14.2 Å². The Morgan fingerprint density at radius 1 is 0.750 bits per heavy atom. The Morgan fingerprint density at radius 2 is 1.38 bits per heavy atom. The highest BCUT2D eigenvalue weighted by molar-refractivity contribution is 7.59. The van der Waals surface area contributed by atoms with Gasteiger partial charge in [0.25, 0.3) is 0 Å². The number of aromatic hydroxyl groups is 1. The van der Waals surface area contributed by atoms with Gasteiger partial charge in [-0.15, -0.1) is 12.6 Å². The van der Waals surface area contributed by atoms with E-state index in [9.17, 15) is 5.11 Å². The normalized spacial score (nSPS) is 18.5. The highest BCUT2D eigenvalue weighted by Gasteiger charge is 2.34. The van der Waals surface area contributed by atoms with Gasteiger partial charge in [0.15, 0.2) is 23.0 Å². The van der Waals surface area contributed by atoms with E-state index in [1.54, 1.807) is 14.2 Å². The van der Waals surface area contributed by atoms with Crippen molar-refractivity contribution in [1.29, 1.82) is 0 Å². The Hall–Kier alpha value is -4.58. The second-order valence-corrected chi connectivity index (χ2v) is 13.0. The average Bonchev–Trinajstić information content (AvgIpc) is 3.05. The van der Waals surface area contributed by atoms with E-state index in [0.717, 1.165) is 66.1 Å². The number of hydrogen-bond donors (Lipinski definition) is 1. The third kappa shape index (κ3) is 6.71. The fourth-order valence-electron chi connectivity index (χ4n) is 7.11. The maximum Gasteiger partial charge on any atom is 0.425 e. The van der Waals surface area contributed by atoms with Gasteiger partial charge < -0.3 is 24.1 Å². The fourth-order valence-corrected chi connectivity index (χ4v) is 7.11. The topological polar surface area (TPSA) is 115 Å². The lowest BCUT2D eigenvalue weighted by molar-refractivity contribution is 0.221. The first-order chi connectivity index (χ1) is 23.1. The van der Waals surface area contributed by atoms with Crippen molar-refractivity contribution in [2.24, 2.45) is 0 Å². The van der Waals surface area contributed by atoms with Gasteiger partial charge in [0, 0.05) is 30.7 Å². The number of phenolic OH excluding ortho intramolecular Hbond substituents is 1. The Labute approximate surface area is 282 Å². The molecule has 6 bridgehead atoms. The van der Waals surface area contributed by atoms with Crippen molar-refractivity contribution in [3.05, 3.63) is 99.6 Å². The summed E-state index contributed by atoms with van der Waals surface area (Å²) in [6.07, 6.45) is 3.37. The first kappa shape index (κ1) is 33.3. The van der Waals surface area contributed by atoms with Crippen molar-refractivity contribution in [2.75, 3.05) is 41.4 Å².